The quantitative estimate of drug-likeness (QED) is 0.334. The molecule has 4 rings (SSSR count). The van der Waals surface area contributed by atoms with E-state index in [1.54, 1.807) is 30.6 Å². The monoisotopic (exact) mass is 467 g/mol. The fourth-order valence-electron chi connectivity index (χ4n) is 2.83. The number of rotatable bonds is 5. The van der Waals surface area contributed by atoms with Gasteiger partial charge in [0, 0.05) is 24.5 Å². The van der Waals surface area contributed by atoms with E-state index in [0.29, 0.717) is 15.9 Å². The molecule has 0 radical (unpaired) electrons. The Balaban J connectivity index is 1.65. The zero-order valence-electron chi connectivity index (χ0n) is 15.6. The highest BCUT2D eigenvalue weighted by molar-refractivity contribution is 9.10. The molecule has 0 fully saturated rings. The number of hydrogen-bond acceptors (Lipinski definition) is 6. The summed E-state index contributed by atoms with van der Waals surface area (Å²) in [4.78, 5) is 27.7. The molecule has 2 aromatic heterocycles. The van der Waals surface area contributed by atoms with Crippen molar-refractivity contribution in [2.45, 2.75) is 6.92 Å². The van der Waals surface area contributed by atoms with Gasteiger partial charge in [0.15, 0.2) is 11.3 Å². The second kappa shape index (κ2) is 7.91. The Labute approximate surface area is 178 Å². The van der Waals surface area contributed by atoms with Crippen molar-refractivity contribution in [3.8, 4) is 11.5 Å². The number of benzene rings is 2. The molecule has 10 heteroatoms. The lowest BCUT2D eigenvalue weighted by molar-refractivity contribution is -0.384. The molecule has 1 N–H and O–H groups in total. The Morgan fingerprint density at radius 3 is 2.77 bits per heavy atom. The van der Waals surface area contributed by atoms with Gasteiger partial charge in [-0.3, -0.25) is 14.9 Å². The molecule has 9 nitrogen and oxygen atoms in total. The average Bonchev–Trinajstić information content (AvgIpc) is 3.05. The first-order chi connectivity index (χ1) is 14.4. The van der Waals surface area contributed by atoms with Crippen LogP contribution >= 0.6 is 15.9 Å². The third-order valence-electron chi connectivity index (χ3n) is 4.14. The van der Waals surface area contributed by atoms with Gasteiger partial charge in [0.25, 0.3) is 11.6 Å². The molecule has 2 aromatic carbocycles. The topological polar surface area (TPSA) is 112 Å². The van der Waals surface area contributed by atoms with Gasteiger partial charge in [-0.2, -0.15) is 5.10 Å². The molecule has 2 heterocycles. The van der Waals surface area contributed by atoms with Gasteiger partial charge in [-0.1, -0.05) is 12.1 Å². The molecule has 0 saturated carbocycles. The number of nitro groups is 1. The number of anilines is 1. The van der Waals surface area contributed by atoms with Crippen LogP contribution in [0.25, 0.3) is 5.65 Å². The first-order valence-electron chi connectivity index (χ1n) is 8.75. The van der Waals surface area contributed by atoms with E-state index in [9.17, 15) is 14.9 Å². The lowest BCUT2D eigenvalue weighted by Gasteiger charge is -2.09. The maximum Gasteiger partial charge on any atom is 0.277 e. The van der Waals surface area contributed by atoms with Crippen molar-refractivity contribution in [3.05, 3.63) is 86.8 Å². The van der Waals surface area contributed by atoms with Crippen molar-refractivity contribution in [1.29, 1.82) is 0 Å². The number of carbonyl (C=O) groups excluding carboxylic acids is 1. The summed E-state index contributed by atoms with van der Waals surface area (Å²) in [5.41, 5.74) is 1.54. The van der Waals surface area contributed by atoms with E-state index in [0.717, 1.165) is 5.56 Å². The fourth-order valence-corrected chi connectivity index (χ4v) is 3.37. The van der Waals surface area contributed by atoms with Gasteiger partial charge in [0.2, 0.25) is 0 Å². The van der Waals surface area contributed by atoms with Crippen LogP contribution in [0.2, 0.25) is 0 Å². The summed E-state index contributed by atoms with van der Waals surface area (Å²) in [6, 6.07) is 13.0. The lowest BCUT2D eigenvalue weighted by atomic mass is 10.2. The Kier molecular flexibility index (Phi) is 5.15. The summed E-state index contributed by atoms with van der Waals surface area (Å²) in [5.74, 6) is 0.206. The number of aryl methyl sites for hydroxylation is 1. The van der Waals surface area contributed by atoms with Crippen molar-refractivity contribution in [2.24, 2.45) is 0 Å². The predicted molar refractivity (Wildman–Crippen MR) is 113 cm³/mol. The number of ether oxygens (including phenoxy) is 1. The summed E-state index contributed by atoms with van der Waals surface area (Å²) in [5, 5.41) is 18.2. The van der Waals surface area contributed by atoms with Crippen LogP contribution in [0.3, 0.4) is 0 Å². The normalized spacial score (nSPS) is 10.7. The van der Waals surface area contributed by atoms with Crippen LogP contribution < -0.4 is 10.1 Å². The minimum absolute atomic E-state index is 0.0985. The number of nitro benzene ring substituents is 1. The number of halogens is 1. The average molecular weight is 468 g/mol. The Morgan fingerprint density at radius 1 is 1.20 bits per heavy atom. The van der Waals surface area contributed by atoms with Crippen molar-refractivity contribution < 1.29 is 14.5 Å². The maximum absolute atomic E-state index is 12.7. The second-order valence-electron chi connectivity index (χ2n) is 6.40. The number of aromatic nitrogens is 3. The SMILES string of the molecule is Cc1cccc(Oc2cc(NC(=O)c3nn4cccnc4c3Br)cc([N+](=O)[O-])c2)c1. The van der Waals surface area contributed by atoms with Crippen molar-refractivity contribution in [2.75, 3.05) is 5.32 Å². The molecule has 0 unspecified atom stereocenters. The van der Waals surface area contributed by atoms with Gasteiger partial charge in [-0.05, 0) is 46.6 Å². The largest absolute Gasteiger partial charge is 0.457 e. The molecule has 0 aliphatic rings. The third-order valence-corrected chi connectivity index (χ3v) is 4.87. The molecule has 0 saturated heterocycles. The van der Waals surface area contributed by atoms with Gasteiger partial charge >= 0.3 is 0 Å². The standard InChI is InChI=1S/C20H14BrN5O4/c1-12-4-2-5-15(8-12)30-16-10-13(9-14(11-16)26(28)29)23-20(27)18-17(21)19-22-6-3-7-25(19)24-18/h2-11H,1H3,(H,23,27). The molecule has 1 amide bonds. The van der Waals surface area contributed by atoms with Gasteiger partial charge in [-0.15, -0.1) is 0 Å². The summed E-state index contributed by atoms with van der Waals surface area (Å²) in [6.07, 6.45) is 3.24. The van der Waals surface area contributed by atoms with Crippen LogP contribution in [-0.2, 0) is 0 Å². The van der Waals surface area contributed by atoms with Crippen LogP contribution in [-0.4, -0.2) is 25.4 Å². The number of hydrogen-bond donors (Lipinski definition) is 1. The summed E-state index contributed by atoms with van der Waals surface area (Å²) in [7, 11) is 0. The van der Waals surface area contributed by atoms with E-state index < -0.39 is 10.8 Å². The Morgan fingerprint density at radius 2 is 2.03 bits per heavy atom. The molecular formula is C20H14BrN5O4. The Bertz CT molecular complexity index is 1290. The fraction of sp³-hybridized carbons (Fsp3) is 0.0500. The first kappa shape index (κ1) is 19.5. The van der Waals surface area contributed by atoms with Crippen molar-refractivity contribution in [1.82, 2.24) is 14.6 Å². The number of amides is 1. The second-order valence-corrected chi connectivity index (χ2v) is 7.19. The molecule has 150 valence electrons. The molecule has 0 spiro atoms. The van der Waals surface area contributed by atoms with Crippen molar-refractivity contribution >= 4 is 38.9 Å². The smallest absolute Gasteiger partial charge is 0.277 e. The minimum atomic E-state index is -0.552. The highest BCUT2D eigenvalue weighted by atomic mass is 79.9. The Hall–Kier alpha value is -3.79. The number of nitrogens with one attached hydrogen (secondary N) is 1. The molecule has 0 aliphatic carbocycles. The third kappa shape index (κ3) is 3.98. The van der Waals surface area contributed by atoms with E-state index in [4.69, 9.17) is 4.74 Å². The first-order valence-corrected chi connectivity index (χ1v) is 9.54. The molecule has 0 atom stereocenters. The number of fused-ring (bicyclic) bond motifs is 1. The van der Waals surface area contributed by atoms with E-state index >= 15 is 0 Å². The summed E-state index contributed by atoms with van der Waals surface area (Å²) in [6.45, 7) is 1.91. The molecular weight excluding hydrogens is 454 g/mol. The number of nitrogens with zero attached hydrogens (tertiary/aromatic N) is 4. The predicted octanol–water partition coefficient (Wildman–Crippen LogP) is 4.75. The van der Waals surface area contributed by atoms with E-state index in [-0.39, 0.29) is 22.8 Å². The van der Waals surface area contributed by atoms with Gasteiger partial charge in [-0.25, -0.2) is 9.50 Å². The van der Waals surface area contributed by atoms with Gasteiger partial charge < -0.3 is 10.1 Å². The molecule has 0 bridgehead atoms. The number of non-ortho nitro benzene ring substituents is 1. The van der Waals surface area contributed by atoms with Crippen LogP contribution in [0.5, 0.6) is 11.5 Å². The zero-order valence-corrected chi connectivity index (χ0v) is 17.2. The van der Waals surface area contributed by atoms with Crippen LogP contribution in [0.15, 0.2) is 65.4 Å². The minimum Gasteiger partial charge on any atom is -0.457 e. The lowest BCUT2D eigenvalue weighted by Crippen LogP contribution is -2.13. The highest BCUT2D eigenvalue weighted by Crippen LogP contribution is 2.31. The van der Waals surface area contributed by atoms with E-state index in [2.05, 4.69) is 31.3 Å². The molecule has 0 aliphatic heterocycles. The summed E-state index contributed by atoms with van der Waals surface area (Å²) >= 11 is 3.33. The van der Waals surface area contributed by atoms with E-state index in [1.165, 1.54) is 22.7 Å². The molecule has 30 heavy (non-hydrogen) atoms. The van der Waals surface area contributed by atoms with Crippen LogP contribution in [0, 0.1) is 17.0 Å². The maximum atomic E-state index is 12.7. The van der Waals surface area contributed by atoms with Crippen LogP contribution in [0.1, 0.15) is 16.1 Å². The van der Waals surface area contributed by atoms with E-state index in [1.807, 2.05) is 19.1 Å². The highest BCUT2D eigenvalue weighted by Gasteiger charge is 2.20. The van der Waals surface area contributed by atoms with Crippen molar-refractivity contribution in [3.63, 3.8) is 0 Å². The molecule has 4 aromatic rings. The number of carbonyl (C=O) groups is 1. The zero-order chi connectivity index (χ0) is 21.3. The summed E-state index contributed by atoms with van der Waals surface area (Å²) < 4.78 is 7.63. The van der Waals surface area contributed by atoms with Gasteiger partial charge in [0.1, 0.15) is 11.5 Å². The van der Waals surface area contributed by atoms with Crippen LogP contribution in [0.4, 0.5) is 11.4 Å². The van der Waals surface area contributed by atoms with Gasteiger partial charge in [0.05, 0.1) is 21.1 Å².